The molecule has 2 aromatic rings. The smallest absolute Gasteiger partial charge is 0.357 e. The second-order valence-corrected chi connectivity index (χ2v) is 4.09. The second kappa shape index (κ2) is 4.02. The number of benzene rings is 1. The van der Waals surface area contributed by atoms with Gasteiger partial charge in [-0.3, -0.25) is 0 Å². The Hall–Kier alpha value is -1.75. The van der Waals surface area contributed by atoms with Crippen LogP contribution in [-0.2, 0) is 0 Å². The van der Waals surface area contributed by atoms with Crippen molar-refractivity contribution in [3.63, 3.8) is 0 Å². The first-order valence-corrected chi connectivity index (χ1v) is 5.46. The van der Waals surface area contributed by atoms with Crippen molar-refractivity contribution >= 4 is 17.7 Å². The minimum Gasteiger partial charge on any atom is -0.476 e. The molecule has 4 nitrogen and oxygen atoms in total. The predicted octanol–water partition coefficient (Wildman–Crippen LogP) is 2.52. The van der Waals surface area contributed by atoms with Crippen molar-refractivity contribution in [3.8, 4) is 11.3 Å². The molecule has 1 heterocycles. The molecule has 1 aromatic carbocycles. The summed E-state index contributed by atoms with van der Waals surface area (Å²) in [6, 6.07) is 5.75. The first-order valence-electron chi connectivity index (χ1n) is 4.73. The monoisotopic (exact) mass is 234 g/mol. The highest BCUT2D eigenvalue weighted by atomic mass is 32.1. The highest BCUT2D eigenvalue weighted by Crippen LogP contribution is 2.24. The largest absolute Gasteiger partial charge is 0.476 e. The van der Waals surface area contributed by atoms with Gasteiger partial charge in [0.05, 0.1) is 11.7 Å². The maximum atomic E-state index is 10.9. The van der Waals surface area contributed by atoms with E-state index in [1.165, 1.54) is 5.56 Å². The van der Waals surface area contributed by atoms with Crippen molar-refractivity contribution in [3.05, 3.63) is 35.0 Å². The van der Waals surface area contributed by atoms with Gasteiger partial charge in [0.15, 0.2) is 5.69 Å². The molecule has 82 valence electrons. The SMILES string of the molecule is Cc1ccc(-c2nsnc2C(=O)O)cc1C. The van der Waals surface area contributed by atoms with Gasteiger partial charge in [0.25, 0.3) is 0 Å². The Morgan fingerprint density at radius 3 is 2.62 bits per heavy atom. The fraction of sp³-hybridized carbons (Fsp3) is 0.182. The van der Waals surface area contributed by atoms with Crippen LogP contribution in [0.15, 0.2) is 18.2 Å². The van der Waals surface area contributed by atoms with E-state index in [9.17, 15) is 4.79 Å². The normalized spacial score (nSPS) is 10.4. The standard InChI is InChI=1S/C11H10N2O2S/c1-6-3-4-8(5-7(6)2)9-10(11(14)15)13-16-12-9/h3-5H,1-2H3,(H,14,15). The molecule has 0 atom stereocenters. The van der Waals surface area contributed by atoms with E-state index in [1.807, 2.05) is 32.0 Å². The van der Waals surface area contributed by atoms with Crippen molar-refractivity contribution in [2.24, 2.45) is 0 Å². The van der Waals surface area contributed by atoms with Crippen LogP contribution in [0.2, 0.25) is 0 Å². The quantitative estimate of drug-likeness (QED) is 0.867. The zero-order valence-electron chi connectivity index (χ0n) is 8.89. The Morgan fingerprint density at radius 1 is 1.25 bits per heavy atom. The molecule has 0 amide bonds. The van der Waals surface area contributed by atoms with E-state index < -0.39 is 5.97 Å². The molecule has 0 unspecified atom stereocenters. The fourth-order valence-corrected chi connectivity index (χ4v) is 1.97. The van der Waals surface area contributed by atoms with Gasteiger partial charge in [-0.15, -0.1) is 0 Å². The van der Waals surface area contributed by atoms with Crippen LogP contribution >= 0.6 is 11.7 Å². The van der Waals surface area contributed by atoms with E-state index in [0.717, 1.165) is 22.9 Å². The maximum Gasteiger partial charge on any atom is 0.357 e. The lowest BCUT2D eigenvalue weighted by molar-refractivity contribution is 0.0692. The number of nitrogens with zero attached hydrogens (tertiary/aromatic N) is 2. The van der Waals surface area contributed by atoms with Crippen molar-refractivity contribution in [1.29, 1.82) is 0 Å². The van der Waals surface area contributed by atoms with E-state index in [2.05, 4.69) is 8.75 Å². The Bertz CT molecular complexity index is 549. The fourth-order valence-electron chi connectivity index (χ4n) is 1.41. The summed E-state index contributed by atoms with van der Waals surface area (Å²) in [6.07, 6.45) is 0. The summed E-state index contributed by atoms with van der Waals surface area (Å²) in [5, 5.41) is 8.94. The first-order chi connectivity index (χ1) is 7.59. The van der Waals surface area contributed by atoms with Gasteiger partial charge in [-0.25, -0.2) is 4.79 Å². The number of aryl methyl sites for hydroxylation is 2. The average molecular weight is 234 g/mol. The number of hydrogen-bond donors (Lipinski definition) is 1. The average Bonchev–Trinajstić information content (AvgIpc) is 2.71. The summed E-state index contributed by atoms with van der Waals surface area (Å²) in [7, 11) is 0. The van der Waals surface area contributed by atoms with Crippen LogP contribution in [0.25, 0.3) is 11.3 Å². The molecular formula is C11H10N2O2S. The van der Waals surface area contributed by atoms with Crippen LogP contribution in [0.3, 0.4) is 0 Å². The summed E-state index contributed by atoms with van der Waals surface area (Å²) in [5.74, 6) is -1.04. The van der Waals surface area contributed by atoms with Crippen LogP contribution in [0.5, 0.6) is 0 Å². The Morgan fingerprint density at radius 2 is 2.00 bits per heavy atom. The number of carbonyl (C=O) groups is 1. The van der Waals surface area contributed by atoms with Gasteiger partial charge in [0.1, 0.15) is 5.69 Å². The lowest BCUT2D eigenvalue weighted by Crippen LogP contribution is -1.99. The molecular weight excluding hydrogens is 224 g/mol. The summed E-state index contributed by atoms with van der Waals surface area (Å²) in [4.78, 5) is 10.9. The Labute approximate surface area is 96.9 Å². The van der Waals surface area contributed by atoms with Crippen LogP contribution < -0.4 is 0 Å². The van der Waals surface area contributed by atoms with E-state index in [-0.39, 0.29) is 5.69 Å². The van der Waals surface area contributed by atoms with Crippen molar-refractivity contribution < 1.29 is 9.90 Å². The summed E-state index contributed by atoms with van der Waals surface area (Å²) in [5.41, 5.74) is 3.55. The summed E-state index contributed by atoms with van der Waals surface area (Å²) < 4.78 is 7.80. The number of carboxylic acids is 1. The van der Waals surface area contributed by atoms with E-state index in [0.29, 0.717) is 5.69 Å². The van der Waals surface area contributed by atoms with Crippen molar-refractivity contribution in [2.45, 2.75) is 13.8 Å². The number of hydrogen-bond acceptors (Lipinski definition) is 4. The predicted molar refractivity (Wildman–Crippen MR) is 61.8 cm³/mol. The van der Waals surface area contributed by atoms with Gasteiger partial charge in [-0.05, 0) is 31.0 Å². The molecule has 1 aromatic heterocycles. The topological polar surface area (TPSA) is 63.1 Å². The number of rotatable bonds is 2. The Kier molecular flexibility index (Phi) is 2.70. The van der Waals surface area contributed by atoms with E-state index in [4.69, 9.17) is 5.11 Å². The van der Waals surface area contributed by atoms with Crippen LogP contribution in [0.1, 0.15) is 21.6 Å². The van der Waals surface area contributed by atoms with Gasteiger partial charge in [-0.1, -0.05) is 12.1 Å². The summed E-state index contributed by atoms with van der Waals surface area (Å²) >= 11 is 0.919. The molecule has 0 aliphatic rings. The zero-order chi connectivity index (χ0) is 11.7. The van der Waals surface area contributed by atoms with Gasteiger partial charge >= 0.3 is 5.97 Å². The molecule has 0 bridgehead atoms. The molecule has 0 spiro atoms. The minimum absolute atomic E-state index is 0.0215. The molecule has 5 heteroatoms. The molecule has 16 heavy (non-hydrogen) atoms. The third-order valence-corrected chi connectivity index (χ3v) is 3.00. The van der Waals surface area contributed by atoms with Crippen molar-refractivity contribution in [2.75, 3.05) is 0 Å². The molecule has 0 radical (unpaired) electrons. The van der Waals surface area contributed by atoms with Gasteiger partial charge in [0, 0.05) is 5.56 Å². The second-order valence-electron chi connectivity index (χ2n) is 3.57. The molecule has 0 aliphatic heterocycles. The first kappa shape index (κ1) is 10.8. The number of carboxylic acid groups (broad SMARTS) is 1. The van der Waals surface area contributed by atoms with Gasteiger partial charge in [0.2, 0.25) is 0 Å². The number of aromatic nitrogens is 2. The number of aromatic carboxylic acids is 1. The van der Waals surface area contributed by atoms with Crippen molar-refractivity contribution in [1.82, 2.24) is 8.75 Å². The summed E-state index contributed by atoms with van der Waals surface area (Å²) in [6.45, 7) is 4.00. The third-order valence-electron chi connectivity index (χ3n) is 2.47. The molecule has 0 saturated carbocycles. The molecule has 0 saturated heterocycles. The van der Waals surface area contributed by atoms with Gasteiger partial charge in [-0.2, -0.15) is 8.75 Å². The van der Waals surface area contributed by atoms with Crippen LogP contribution in [-0.4, -0.2) is 19.8 Å². The molecule has 0 fully saturated rings. The highest BCUT2D eigenvalue weighted by Gasteiger charge is 2.16. The molecule has 2 rings (SSSR count). The van der Waals surface area contributed by atoms with Crippen LogP contribution in [0.4, 0.5) is 0 Å². The van der Waals surface area contributed by atoms with E-state index in [1.54, 1.807) is 0 Å². The lowest BCUT2D eigenvalue weighted by Gasteiger charge is -2.02. The lowest BCUT2D eigenvalue weighted by atomic mass is 10.0. The molecule has 1 N–H and O–H groups in total. The van der Waals surface area contributed by atoms with E-state index >= 15 is 0 Å². The minimum atomic E-state index is -1.04. The molecule has 0 aliphatic carbocycles. The van der Waals surface area contributed by atoms with Gasteiger partial charge < -0.3 is 5.11 Å². The highest BCUT2D eigenvalue weighted by molar-refractivity contribution is 6.99. The maximum absolute atomic E-state index is 10.9. The van der Waals surface area contributed by atoms with Crippen LogP contribution in [0, 0.1) is 13.8 Å². The Balaban J connectivity index is 2.54. The third kappa shape index (κ3) is 1.81. The zero-order valence-corrected chi connectivity index (χ0v) is 9.71.